The molecule has 7 heteroatoms. The van der Waals surface area contributed by atoms with Crippen LogP contribution in [0.1, 0.15) is 97.3 Å². The summed E-state index contributed by atoms with van der Waals surface area (Å²) in [5, 5.41) is 8.84. The summed E-state index contributed by atoms with van der Waals surface area (Å²) in [4.78, 5) is 23.9. The number of carboxylic acids is 1. The number of unbranched alkanes of at least 4 members (excludes halogenated alkanes) is 1. The molecule has 6 atom stereocenters. The summed E-state index contributed by atoms with van der Waals surface area (Å²) in [7, 11) is 0. The van der Waals surface area contributed by atoms with E-state index < -0.39 is 5.97 Å². The first-order valence-electron chi connectivity index (χ1n) is 14.7. The highest BCUT2D eigenvalue weighted by Gasteiger charge is 2.42. The van der Waals surface area contributed by atoms with Crippen LogP contribution >= 0.6 is 0 Å². The first kappa shape index (κ1) is 30.7. The summed E-state index contributed by atoms with van der Waals surface area (Å²) in [6, 6.07) is 0. The number of ether oxygens (including phenoxy) is 4. The molecule has 214 valence electrons. The average molecular weight is 533 g/mol. The molecular weight excluding hydrogens is 484 g/mol. The van der Waals surface area contributed by atoms with Crippen LogP contribution in [0.3, 0.4) is 0 Å². The fourth-order valence-electron chi connectivity index (χ4n) is 5.40. The normalized spacial score (nSPS) is 29.2. The van der Waals surface area contributed by atoms with Crippen molar-refractivity contribution < 1.29 is 33.6 Å². The van der Waals surface area contributed by atoms with Crippen LogP contribution in [-0.4, -0.2) is 54.9 Å². The minimum atomic E-state index is -0.778. The molecule has 3 aliphatic rings. The van der Waals surface area contributed by atoms with Gasteiger partial charge in [-0.3, -0.25) is 9.59 Å². The van der Waals surface area contributed by atoms with Gasteiger partial charge in [0.25, 0.3) is 0 Å². The number of carboxylic acid groups (broad SMARTS) is 1. The van der Waals surface area contributed by atoms with E-state index in [1.165, 1.54) is 5.57 Å². The van der Waals surface area contributed by atoms with E-state index in [-0.39, 0.29) is 48.8 Å². The fraction of sp³-hybridized carbons (Fsp3) is 0.742. The molecule has 0 amide bonds. The molecule has 0 spiro atoms. The van der Waals surface area contributed by atoms with E-state index in [1.807, 2.05) is 12.2 Å². The van der Waals surface area contributed by atoms with Gasteiger partial charge in [-0.05, 0) is 84.5 Å². The first-order valence-corrected chi connectivity index (χ1v) is 14.7. The van der Waals surface area contributed by atoms with Gasteiger partial charge in [0.15, 0.2) is 12.6 Å². The lowest BCUT2D eigenvalue weighted by Gasteiger charge is -2.29. The second-order valence-electron chi connectivity index (χ2n) is 11.0. The number of hydrogen-bond donors (Lipinski definition) is 1. The lowest BCUT2D eigenvalue weighted by atomic mass is 9.90. The predicted molar refractivity (Wildman–Crippen MR) is 147 cm³/mol. The number of Topliss-reactive ketones (excluding diaryl/α,β-unsaturated/α-hetero) is 1. The van der Waals surface area contributed by atoms with E-state index in [0.717, 1.165) is 58.0 Å². The smallest absolute Gasteiger partial charge is 0.303 e. The van der Waals surface area contributed by atoms with Gasteiger partial charge < -0.3 is 24.1 Å². The third-order valence-corrected chi connectivity index (χ3v) is 7.51. The fourth-order valence-corrected chi connectivity index (χ4v) is 5.40. The molecule has 0 aromatic heterocycles. The Labute approximate surface area is 228 Å². The number of carbonyl (C=O) groups is 2. The molecule has 3 rings (SSSR count). The largest absolute Gasteiger partial charge is 0.481 e. The van der Waals surface area contributed by atoms with Crippen molar-refractivity contribution in [3.8, 4) is 0 Å². The maximum atomic E-state index is 13.1. The summed E-state index contributed by atoms with van der Waals surface area (Å²) in [5.41, 5.74) is 1.29. The monoisotopic (exact) mass is 532 g/mol. The van der Waals surface area contributed by atoms with Gasteiger partial charge in [0.1, 0.15) is 5.78 Å². The summed E-state index contributed by atoms with van der Waals surface area (Å²) in [6.45, 7) is 5.66. The highest BCUT2D eigenvalue weighted by atomic mass is 16.7. The quantitative estimate of drug-likeness (QED) is 0.190. The zero-order chi connectivity index (χ0) is 27.2. The van der Waals surface area contributed by atoms with E-state index in [2.05, 4.69) is 32.1 Å². The molecule has 0 radical (unpaired) electrons. The number of carbonyl (C=O) groups excluding carboxylic acids is 1. The van der Waals surface area contributed by atoms with Crippen molar-refractivity contribution in [3.05, 3.63) is 36.0 Å². The maximum Gasteiger partial charge on any atom is 0.303 e. The maximum absolute atomic E-state index is 13.1. The Bertz CT molecular complexity index is 801. The van der Waals surface area contributed by atoms with Crippen LogP contribution in [0.5, 0.6) is 0 Å². The van der Waals surface area contributed by atoms with E-state index in [9.17, 15) is 9.59 Å². The van der Waals surface area contributed by atoms with Crippen LogP contribution in [0, 0.1) is 11.8 Å². The highest BCUT2D eigenvalue weighted by Crippen LogP contribution is 2.37. The molecule has 2 aliphatic heterocycles. The Morgan fingerprint density at radius 2 is 1.79 bits per heavy atom. The highest BCUT2D eigenvalue weighted by molar-refractivity contribution is 5.85. The molecule has 0 aromatic carbocycles. The van der Waals surface area contributed by atoms with E-state index in [1.54, 1.807) is 0 Å². The summed E-state index contributed by atoms with van der Waals surface area (Å²) < 4.78 is 24.4. The molecular formula is C31H48O7. The molecule has 2 saturated heterocycles. The van der Waals surface area contributed by atoms with Crippen LogP contribution in [0.25, 0.3) is 0 Å². The molecule has 7 nitrogen and oxygen atoms in total. The van der Waals surface area contributed by atoms with Gasteiger partial charge in [-0.15, -0.1) is 0 Å². The molecule has 1 saturated carbocycles. The molecule has 3 unspecified atom stereocenters. The Morgan fingerprint density at radius 3 is 2.45 bits per heavy atom. The van der Waals surface area contributed by atoms with Gasteiger partial charge in [0, 0.05) is 37.9 Å². The third-order valence-electron chi connectivity index (χ3n) is 7.51. The molecule has 1 N–H and O–H groups in total. The second-order valence-corrected chi connectivity index (χ2v) is 11.0. The summed E-state index contributed by atoms with van der Waals surface area (Å²) >= 11 is 0. The van der Waals surface area contributed by atoms with E-state index in [0.29, 0.717) is 32.3 Å². The second kappa shape index (κ2) is 17.0. The number of rotatable bonds is 15. The molecule has 38 heavy (non-hydrogen) atoms. The third kappa shape index (κ3) is 11.1. The van der Waals surface area contributed by atoms with Gasteiger partial charge in [-0.2, -0.15) is 0 Å². The van der Waals surface area contributed by atoms with E-state index >= 15 is 0 Å². The van der Waals surface area contributed by atoms with Crippen LogP contribution in [0.15, 0.2) is 36.0 Å². The van der Waals surface area contributed by atoms with Crippen LogP contribution in [-0.2, 0) is 28.5 Å². The lowest BCUT2D eigenvalue weighted by molar-refractivity contribution is -0.192. The molecule has 0 aromatic rings. The van der Waals surface area contributed by atoms with Crippen LogP contribution in [0.2, 0.25) is 0 Å². The van der Waals surface area contributed by atoms with Crippen molar-refractivity contribution in [2.45, 2.75) is 122 Å². The zero-order valence-corrected chi connectivity index (χ0v) is 23.4. The Balaban J connectivity index is 1.70. The molecule has 0 bridgehead atoms. The van der Waals surface area contributed by atoms with Crippen LogP contribution in [0.4, 0.5) is 0 Å². The minimum Gasteiger partial charge on any atom is -0.481 e. The Hall–Kier alpha value is -1.80. The van der Waals surface area contributed by atoms with Crippen LogP contribution < -0.4 is 0 Å². The van der Waals surface area contributed by atoms with Crippen molar-refractivity contribution in [2.24, 2.45) is 11.8 Å². The standard InChI is InChI=1S/C31H48O7/c1-23(2)12-11-13-24(37-30-16-7-9-20-35-30)18-19-26-25(14-5-3-4-6-15-29(33)34)27(32)22-28(26)38-31-17-8-10-21-36-31/h3,5,12,18-19,24-26,28,30-31H,4,6-11,13-17,20-22H2,1-2H3,(H,33,34)/b5-3-,19-18+/t24?,25-,26-,28-,30?,31?/m1/s1. The molecule has 1 aliphatic carbocycles. The van der Waals surface area contributed by atoms with Gasteiger partial charge in [-0.1, -0.05) is 36.0 Å². The van der Waals surface area contributed by atoms with E-state index in [4.69, 9.17) is 24.1 Å². The number of aliphatic carboxylic acids is 1. The zero-order valence-electron chi connectivity index (χ0n) is 23.4. The van der Waals surface area contributed by atoms with Gasteiger partial charge in [-0.25, -0.2) is 0 Å². The number of allylic oxidation sites excluding steroid dienone is 4. The Kier molecular flexibility index (Phi) is 13.8. The van der Waals surface area contributed by atoms with Crippen molar-refractivity contribution >= 4 is 11.8 Å². The van der Waals surface area contributed by atoms with Gasteiger partial charge in [0.2, 0.25) is 0 Å². The first-order chi connectivity index (χ1) is 18.4. The predicted octanol–water partition coefficient (Wildman–Crippen LogP) is 6.52. The van der Waals surface area contributed by atoms with Crippen molar-refractivity contribution in [1.82, 2.24) is 0 Å². The van der Waals surface area contributed by atoms with Gasteiger partial charge >= 0.3 is 5.97 Å². The lowest BCUT2D eigenvalue weighted by Crippen LogP contribution is -2.31. The topological polar surface area (TPSA) is 91.3 Å². The number of hydrogen-bond acceptors (Lipinski definition) is 6. The molecule has 3 fully saturated rings. The average Bonchev–Trinajstić information content (AvgIpc) is 3.18. The Morgan fingerprint density at radius 1 is 1.05 bits per heavy atom. The van der Waals surface area contributed by atoms with Crippen molar-refractivity contribution in [3.63, 3.8) is 0 Å². The van der Waals surface area contributed by atoms with Crippen molar-refractivity contribution in [2.75, 3.05) is 13.2 Å². The molecule has 2 heterocycles. The van der Waals surface area contributed by atoms with Gasteiger partial charge in [0.05, 0.1) is 12.2 Å². The summed E-state index contributed by atoms with van der Waals surface area (Å²) in [5.74, 6) is -0.786. The SMILES string of the molecule is CC(C)=CCCC(/C=C/[C@H]1[C@H](OC2CCCCO2)CC(=O)[C@@H]1C/C=C\CCCC(=O)O)OC1CCCCO1. The minimum absolute atomic E-state index is 0.0569. The van der Waals surface area contributed by atoms with Crippen molar-refractivity contribution in [1.29, 1.82) is 0 Å². The number of ketones is 1. The summed E-state index contributed by atoms with van der Waals surface area (Å²) in [6.07, 6.45) is 20.2.